The van der Waals surface area contributed by atoms with Gasteiger partial charge in [0.05, 0.1) is 20.3 Å². The van der Waals surface area contributed by atoms with Crippen LogP contribution in [0.25, 0.3) is 0 Å². The molecular formula is C25H30N4O3. The van der Waals surface area contributed by atoms with Crippen molar-refractivity contribution in [3.8, 4) is 5.75 Å². The van der Waals surface area contributed by atoms with Crippen LogP contribution in [0, 0.1) is 0 Å². The van der Waals surface area contributed by atoms with E-state index in [0.29, 0.717) is 25.3 Å². The molecule has 4 rings (SSSR count). The maximum atomic E-state index is 13.1. The van der Waals surface area contributed by atoms with Crippen molar-refractivity contribution in [2.45, 2.75) is 19.9 Å². The van der Waals surface area contributed by atoms with Gasteiger partial charge in [-0.25, -0.2) is 4.79 Å². The van der Waals surface area contributed by atoms with Crippen molar-refractivity contribution in [3.05, 3.63) is 77.0 Å². The van der Waals surface area contributed by atoms with Gasteiger partial charge in [0.15, 0.2) is 11.5 Å². The highest BCUT2D eigenvalue weighted by Gasteiger charge is 2.28. The lowest BCUT2D eigenvalue weighted by Crippen LogP contribution is -2.44. The van der Waals surface area contributed by atoms with Crippen molar-refractivity contribution >= 4 is 11.8 Å². The van der Waals surface area contributed by atoms with Gasteiger partial charge in [-0.05, 0) is 30.2 Å². The zero-order valence-electron chi connectivity index (χ0n) is 18.7. The third-order valence-corrected chi connectivity index (χ3v) is 5.63. The highest BCUT2D eigenvalue weighted by atomic mass is 16.5. The number of rotatable bonds is 8. The number of carbonyl (C=O) groups excluding carboxylic acids is 1. The van der Waals surface area contributed by atoms with Gasteiger partial charge in [0.25, 0.3) is 0 Å². The van der Waals surface area contributed by atoms with Crippen LogP contribution >= 0.6 is 0 Å². The predicted molar refractivity (Wildman–Crippen MR) is 125 cm³/mol. The fraction of sp³-hybridized carbons (Fsp3) is 0.360. The SMILES string of the molecule is CCOC(=O)c1c(Cc2ccccc2)c(N2CCNCC2)nn1Cc1ccc(OC)cc1. The summed E-state index contributed by atoms with van der Waals surface area (Å²) in [7, 11) is 1.65. The summed E-state index contributed by atoms with van der Waals surface area (Å²) in [4.78, 5) is 15.4. The first-order valence-corrected chi connectivity index (χ1v) is 11.1. The Morgan fingerprint density at radius 3 is 2.41 bits per heavy atom. The lowest BCUT2D eigenvalue weighted by Gasteiger charge is -2.28. The monoisotopic (exact) mass is 434 g/mol. The highest BCUT2D eigenvalue weighted by Crippen LogP contribution is 2.28. The van der Waals surface area contributed by atoms with Crippen LogP contribution in [0.4, 0.5) is 5.82 Å². The number of methoxy groups -OCH3 is 1. The predicted octanol–water partition coefficient (Wildman–Crippen LogP) is 3.12. The standard InChI is InChI=1S/C25H30N4O3/c1-3-32-25(30)23-22(17-19-7-5-4-6-8-19)24(28-15-13-26-14-16-28)27-29(23)18-20-9-11-21(31-2)12-10-20/h4-12,26H,3,13-18H2,1-2H3. The summed E-state index contributed by atoms with van der Waals surface area (Å²) in [5.74, 6) is 1.33. The number of piperazine rings is 1. The van der Waals surface area contributed by atoms with Gasteiger partial charge < -0.3 is 19.7 Å². The van der Waals surface area contributed by atoms with Gasteiger partial charge in [-0.2, -0.15) is 5.10 Å². The lowest BCUT2D eigenvalue weighted by atomic mass is 10.0. The molecule has 1 N–H and O–H groups in total. The summed E-state index contributed by atoms with van der Waals surface area (Å²) >= 11 is 0. The quantitative estimate of drug-likeness (QED) is 0.550. The van der Waals surface area contributed by atoms with Crippen molar-refractivity contribution < 1.29 is 14.3 Å². The summed E-state index contributed by atoms with van der Waals surface area (Å²) in [6.07, 6.45) is 0.622. The molecule has 7 heteroatoms. The molecule has 1 fully saturated rings. The minimum absolute atomic E-state index is 0.320. The second-order valence-corrected chi connectivity index (χ2v) is 7.78. The molecule has 2 aromatic carbocycles. The number of nitrogens with one attached hydrogen (secondary N) is 1. The fourth-order valence-electron chi connectivity index (χ4n) is 4.03. The molecule has 0 spiro atoms. The van der Waals surface area contributed by atoms with Gasteiger partial charge in [-0.3, -0.25) is 4.68 Å². The minimum atomic E-state index is -0.333. The van der Waals surface area contributed by atoms with E-state index >= 15 is 0 Å². The molecule has 1 aliphatic heterocycles. The average Bonchev–Trinajstić information content (AvgIpc) is 3.18. The van der Waals surface area contributed by atoms with E-state index in [2.05, 4.69) is 22.3 Å². The summed E-state index contributed by atoms with van der Waals surface area (Å²) in [5.41, 5.74) is 3.63. The summed E-state index contributed by atoms with van der Waals surface area (Å²) in [6, 6.07) is 18.0. The number of hydrogen-bond acceptors (Lipinski definition) is 6. The number of aromatic nitrogens is 2. The van der Waals surface area contributed by atoms with E-state index in [0.717, 1.165) is 54.4 Å². The Balaban J connectivity index is 1.78. The molecule has 7 nitrogen and oxygen atoms in total. The first kappa shape index (κ1) is 21.9. The van der Waals surface area contributed by atoms with Gasteiger partial charge in [0, 0.05) is 38.2 Å². The van der Waals surface area contributed by atoms with Crippen molar-refractivity contribution in [1.82, 2.24) is 15.1 Å². The highest BCUT2D eigenvalue weighted by molar-refractivity contribution is 5.91. The van der Waals surface area contributed by atoms with Crippen LogP contribution in [0.1, 0.15) is 34.1 Å². The largest absolute Gasteiger partial charge is 0.497 e. The topological polar surface area (TPSA) is 68.6 Å². The molecule has 0 amide bonds. The van der Waals surface area contributed by atoms with Crippen LogP contribution in [0.5, 0.6) is 5.75 Å². The van der Waals surface area contributed by atoms with Crippen LogP contribution in [-0.2, 0) is 17.7 Å². The van der Waals surface area contributed by atoms with E-state index in [1.807, 2.05) is 49.4 Å². The second-order valence-electron chi connectivity index (χ2n) is 7.78. The van der Waals surface area contributed by atoms with Gasteiger partial charge in [-0.15, -0.1) is 0 Å². The van der Waals surface area contributed by atoms with Crippen molar-refractivity contribution in [3.63, 3.8) is 0 Å². The zero-order valence-corrected chi connectivity index (χ0v) is 18.7. The first-order valence-electron chi connectivity index (χ1n) is 11.1. The van der Waals surface area contributed by atoms with Gasteiger partial charge in [0.2, 0.25) is 0 Å². The van der Waals surface area contributed by atoms with Crippen molar-refractivity contribution in [2.24, 2.45) is 0 Å². The molecule has 0 unspecified atom stereocenters. The third kappa shape index (κ3) is 4.94. The van der Waals surface area contributed by atoms with Crippen molar-refractivity contribution in [2.75, 3.05) is 44.8 Å². The van der Waals surface area contributed by atoms with E-state index in [4.69, 9.17) is 14.6 Å². The second kappa shape index (κ2) is 10.3. The number of hydrogen-bond donors (Lipinski definition) is 1. The molecule has 1 aromatic heterocycles. The number of nitrogens with zero attached hydrogens (tertiary/aromatic N) is 3. The van der Waals surface area contributed by atoms with E-state index < -0.39 is 0 Å². The number of anilines is 1. The molecule has 2 heterocycles. The Bertz CT molecular complexity index is 1030. The number of benzene rings is 2. The number of esters is 1. The molecule has 0 aliphatic carbocycles. The zero-order chi connectivity index (χ0) is 22.3. The smallest absolute Gasteiger partial charge is 0.356 e. The third-order valence-electron chi connectivity index (χ3n) is 5.63. The molecule has 0 radical (unpaired) electrons. The number of ether oxygens (including phenoxy) is 2. The van der Waals surface area contributed by atoms with Crippen LogP contribution in [0.3, 0.4) is 0 Å². The van der Waals surface area contributed by atoms with E-state index in [1.165, 1.54) is 0 Å². The summed E-state index contributed by atoms with van der Waals surface area (Å²) < 4.78 is 12.5. The molecule has 0 bridgehead atoms. The number of carbonyl (C=O) groups is 1. The Hall–Kier alpha value is -3.32. The van der Waals surface area contributed by atoms with Crippen LogP contribution < -0.4 is 15.0 Å². The molecular weight excluding hydrogens is 404 g/mol. The summed E-state index contributed by atoms with van der Waals surface area (Å²) in [5, 5.41) is 8.34. The minimum Gasteiger partial charge on any atom is -0.497 e. The Morgan fingerprint density at radius 2 is 1.75 bits per heavy atom. The van der Waals surface area contributed by atoms with Crippen molar-refractivity contribution in [1.29, 1.82) is 0 Å². The Morgan fingerprint density at radius 1 is 1.03 bits per heavy atom. The normalized spacial score (nSPS) is 13.8. The molecule has 0 saturated carbocycles. The average molecular weight is 435 g/mol. The molecule has 0 atom stereocenters. The van der Waals surface area contributed by atoms with Crippen LogP contribution in [-0.4, -0.2) is 55.6 Å². The van der Waals surface area contributed by atoms with Gasteiger partial charge in [-0.1, -0.05) is 42.5 Å². The van der Waals surface area contributed by atoms with Gasteiger partial charge >= 0.3 is 5.97 Å². The molecule has 1 saturated heterocycles. The van der Waals surface area contributed by atoms with Gasteiger partial charge in [0.1, 0.15) is 5.75 Å². The van der Waals surface area contributed by atoms with E-state index in [-0.39, 0.29) is 5.97 Å². The van der Waals surface area contributed by atoms with Crippen LogP contribution in [0.15, 0.2) is 54.6 Å². The Kier molecular flexibility index (Phi) is 7.07. The summed E-state index contributed by atoms with van der Waals surface area (Å²) in [6.45, 7) is 6.12. The van der Waals surface area contributed by atoms with E-state index in [1.54, 1.807) is 11.8 Å². The maximum Gasteiger partial charge on any atom is 0.356 e. The van der Waals surface area contributed by atoms with E-state index in [9.17, 15) is 4.79 Å². The van der Waals surface area contributed by atoms with Crippen LogP contribution in [0.2, 0.25) is 0 Å². The maximum absolute atomic E-state index is 13.1. The molecule has 32 heavy (non-hydrogen) atoms. The first-order chi connectivity index (χ1) is 15.7. The molecule has 3 aromatic rings. The molecule has 1 aliphatic rings. The lowest BCUT2D eigenvalue weighted by molar-refractivity contribution is 0.0511. The molecule has 168 valence electrons. The Labute approximate surface area is 188 Å². The fourth-order valence-corrected chi connectivity index (χ4v) is 4.03.